The van der Waals surface area contributed by atoms with Gasteiger partial charge in [-0.2, -0.15) is 0 Å². The van der Waals surface area contributed by atoms with Crippen molar-refractivity contribution in [2.24, 2.45) is 4.99 Å². The van der Waals surface area contributed by atoms with Gasteiger partial charge >= 0.3 is 0 Å². The lowest BCUT2D eigenvalue weighted by atomic mass is 10.0. The number of aliphatic imine (C=N–C) groups is 1. The molecule has 0 saturated heterocycles. The Morgan fingerprint density at radius 1 is 1.17 bits per heavy atom. The summed E-state index contributed by atoms with van der Waals surface area (Å²) in [6.07, 6.45) is 9.15. The Hall–Kier alpha value is -2.66. The van der Waals surface area contributed by atoms with Crippen LogP contribution in [0.2, 0.25) is 5.02 Å². The van der Waals surface area contributed by atoms with Gasteiger partial charge in [-0.15, -0.1) is 0 Å². The first-order valence-electron chi connectivity index (χ1n) is 7.31. The number of hydrogen-bond acceptors (Lipinski definition) is 5. The lowest BCUT2D eigenvalue weighted by Crippen LogP contribution is -2.15. The molecule has 24 heavy (non-hydrogen) atoms. The van der Waals surface area contributed by atoms with Gasteiger partial charge in [0.25, 0.3) is 0 Å². The van der Waals surface area contributed by atoms with Crippen molar-refractivity contribution < 1.29 is 14.2 Å². The molecule has 1 aromatic rings. The summed E-state index contributed by atoms with van der Waals surface area (Å²) in [5.41, 5.74) is 7.11. The lowest BCUT2D eigenvalue weighted by molar-refractivity contribution is 0.241. The van der Waals surface area contributed by atoms with Gasteiger partial charge in [-0.3, -0.25) is 4.99 Å². The molecule has 2 N–H and O–H groups in total. The summed E-state index contributed by atoms with van der Waals surface area (Å²) in [5.74, 6) is 2.49. The van der Waals surface area contributed by atoms with Crippen LogP contribution in [-0.2, 0) is 9.47 Å². The molecule has 1 heterocycles. The molecule has 6 heteroatoms. The molecule has 5 nitrogen and oxygen atoms in total. The zero-order chi connectivity index (χ0) is 17.1. The van der Waals surface area contributed by atoms with Gasteiger partial charge in [0.15, 0.2) is 11.5 Å². The van der Waals surface area contributed by atoms with Gasteiger partial charge < -0.3 is 19.9 Å². The molecule has 1 aromatic carbocycles. The van der Waals surface area contributed by atoms with E-state index in [0.29, 0.717) is 33.7 Å². The van der Waals surface area contributed by atoms with Crippen molar-refractivity contribution in [2.45, 2.75) is 6.04 Å². The summed E-state index contributed by atoms with van der Waals surface area (Å²) < 4.78 is 16.7. The predicted molar refractivity (Wildman–Crippen MR) is 95.1 cm³/mol. The van der Waals surface area contributed by atoms with Crippen molar-refractivity contribution in [1.29, 1.82) is 0 Å². The molecule has 0 bridgehead atoms. The van der Waals surface area contributed by atoms with E-state index in [-0.39, 0.29) is 6.04 Å². The van der Waals surface area contributed by atoms with E-state index < -0.39 is 0 Å². The molecule has 1 unspecified atom stereocenters. The van der Waals surface area contributed by atoms with E-state index in [1.165, 1.54) is 0 Å². The van der Waals surface area contributed by atoms with E-state index in [2.05, 4.69) is 4.99 Å². The number of nitrogens with zero attached hydrogens (tertiary/aromatic N) is 1. The summed E-state index contributed by atoms with van der Waals surface area (Å²) in [5, 5.41) is 0.447. The Balaban J connectivity index is 1.96. The topological polar surface area (TPSA) is 66.1 Å². The molecule has 3 rings (SSSR count). The molecular weight excluding hydrogens is 328 g/mol. The van der Waals surface area contributed by atoms with E-state index in [0.717, 1.165) is 5.57 Å². The summed E-state index contributed by atoms with van der Waals surface area (Å²) in [7, 11) is 3.19. The highest BCUT2D eigenvalue weighted by Crippen LogP contribution is 2.31. The minimum Gasteiger partial charge on any atom is -0.493 e. The average Bonchev–Trinajstić information content (AvgIpc) is 2.77. The molecule has 1 atom stereocenters. The third-order valence-corrected chi connectivity index (χ3v) is 4.00. The number of methoxy groups -OCH3 is 2. The number of ether oxygens (including phenoxy) is 3. The molecule has 2 aliphatic rings. The molecule has 0 aromatic heterocycles. The van der Waals surface area contributed by atoms with Crippen molar-refractivity contribution in [1.82, 2.24) is 0 Å². The van der Waals surface area contributed by atoms with Gasteiger partial charge in [0, 0.05) is 17.9 Å². The number of halogens is 1. The van der Waals surface area contributed by atoms with Crippen molar-refractivity contribution in [3.63, 3.8) is 0 Å². The van der Waals surface area contributed by atoms with Crippen molar-refractivity contribution in [3.8, 4) is 5.75 Å². The molecule has 0 radical (unpaired) electrons. The van der Waals surface area contributed by atoms with E-state index in [1.807, 2.05) is 18.2 Å². The van der Waals surface area contributed by atoms with Gasteiger partial charge in [-0.05, 0) is 30.4 Å². The van der Waals surface area contributed by atoms with Crippen LogP contribution >= 0.6 is 11.6 Å². The molecule has 0 fully saturated rings. The Morgan fingerprint density at radius 3 is 2.67 bits per heavy atom. The number of fused-ring (bicyclic) bond motifs is 1. The molecule has 0 amide bonds. The van der Waals surface area contributed by atoms with Crippen LogP contribution in [-0.4, -0.2) is 26.5 Å². The van der Waals surface area contributed by atoms with Gasteiger partial charge in [-0.25, -0.2) is 0 Å². The third-order valence-electron chi connectivity index (χ3n) is 3.67. The number of allylic oxidation sites excluding steroid dienone is 3. The van der Waals surface area contributed by atoms with E-state index in [1.54, 1.807) is 44.7 Å². The first kappa shape index (κ1) is 16.2. The average molecular weight is 345 g/mol. The Kier molecular flexibility index (Phi) is 4.62. The zero-order valence-electron chi connectivity index (χ0n) is 13.3. The fraction of sp³-hybridized carbons (Fsp3) is 0.167. The number of nitrogens with two attached hydrogens (primary N) is 1. The molecule has 0 spiro atoms. The van der Waals surface area contributed by atoms with Crippen LogP contribution in [0, 0.1) is 0 Å². The number of rotatable bonds is 4. The maximum Gasteiger partial charge on any atom is 0.161 e. The number of anilines is 1. The monoisotopic (exact) mass is 344 g/mol. The van der Waals surface area contributed by atoms with Gasteiger partial charge in [0.1, 0.15) is 11.5 Å². The highest BCUT2D eigenvalue weighted by atomic mass is 35.5. The van der Waals surface area contributed by atoms with Crippen LogP contribution in [0.5, 0.6) is 5.75 Å². The minimum absolute atomic E-state index is 0.174. The van der Waals surface area contributed by atoms with E-state index >= 15 is 0 Å². The first-order valence-corrected chi connectivity index (χ1v) is 7.69. The predicted octanol–water partition coefficient (Wildman–Crippen LogP) is 3.64. The highest BCUT2D eigenvalue weighted by molar-refractivity contribution is 6.33. The lowest BCUT2D eigenvalue weighted by Gasteiger charge is -2.20. The van der Waals surface area contributed by atoms with Crippen LogP contribution in [0.25, 0.3) is 0 Å². The second kappa shape index (κ2) is 6.84. The van der Waals surface area contributed by atoms with Crippen LogP contribution in [0.15, 0.2) is 70.3 Å². The van der Waals surface area contributed by atoms with E-state index in [9.17, 15) is 0 Å². The molecule has 0 saturated carbocycles. The van der Waals surface area contributed by atoms with Crippen LogP contribution < -0.4 is 10.5 Å². The van der Waals surface area contributed by atoms with E-state index in [4.69, 9.17) is 31.5 Å². The van der Waals surface area contributed by atoms with Crippen LogP contribution in [0.4, 0.5) is 5.69 Å². The minimum atomic E-state index is -0.174. The summed E-state index contributed by atoms with van der Waals surface area (Å²) in [4.78, 5) is 4.45. The fourth-order valence-corrected chi connectivity index (χ4v) is 2.60. The largest absolute Gasteiger partial charge is 0.493 e. The molecule has 1 aliphatic carbocycles. The molecular formula is C18H17ClN2O3. The van der Waals surface area contributed by atoms with Crippen LogP contribution in [0.1, 0.15) is 0 Å². The van der Waals surface area contributed by atoms with Gasteiger partial charge in [0.05, 0.1) is 31.0 Å². The maximum atomic E-state index is 6.06. The summed E-state index contributed by atoms with van der Waals surface area (Å²) >= 11 is 6.06. The Morgan fingerprint density at radius 2 is 1.96 bits per heavy atom. The number of dihydropyridines is 1. The standard InChI is InChI=1S/C18H17ClN2O3/c1-22-17-6-5-15-12(10-18(17)23-2)16(7-8-21-15)24-11-3-4-14(20)13(19)9-11/h3-10,15H,20H2,1-2H3. The first-order chi connectivity index (χ1) is 11.6. The van der Waals surface area contributed by atoms with Gasteiger partial charge in [0.2, 0.25) is 0 Å². The number of benzene rings is 1. The fourth-order valence-electron chi connectivity index (χ4n) is 2.43. The summed E-state index contributed by atoms with van der Waals surface area (Å²) in [6.45, 7) is 0. The number of nitrogen functional groups attached to an aromatic ring is 1. The molecule has 124 valence electrons. The van der Waals surface area contributed by atoms with Crippen LogP contribution in [0.3, 0.4) is 0 Å². The third kappa shape index (κ3) is 3.16. The highest BCUT2D eigenvalue weighted by Gasteiger charge is 2.23. The normalized spacial score (nSPS) is 19.2. The number of hydrogen-bond donors (Lipinski definition) is 1. The SMILES string of the molecule is COC1=C(OC)C=C2C(Oc3ccc(N)c(Cl)c3)=CC=NC2C=C1. The summed E-state index contributed by atoms with van der Waals surface area (Å²) in [6, 6.07) is 4.98. The quantitative estimate of drug-likeness (QED) is 0.847. The van der Waals surface area contributed by atoms with Crippen molar-refractivity contribution in [2.75, 3.05) is 20.0 Å². The maximum absolute atomic E-state index is 6.06. The molecule has 1 aliphatic heterocycles. The van der Waals surface area contributed by atoms with Crippen molar-refractivity contribution >= 4 is 23.5 Å². The van der Waals surface area contributed by atoms with Gasteiger partial charge in [-0.1, -0.05) is 17.7 Å². The smallest absolute Gasteiger partial charge is 0.161 e. The zero-order valence-corrected chi connectivity index (χ0v) is 14.1. The second-order valence-corrected chi connectivity index (χ2v) is 5.56. The Labute approximate surface area is 145 Å². The Bertz CT molecular complexity index is 806. The second-order valence-electron chi connectivity index (χ2n) is 5.15. The van der Waals surface area contributed by atoms with Crippen molar-refractivity contribution in [3.05, 3.63) is 70.4 Å².